The summed E-state index contributed by atoms with van der Waals surface area (Å²) >= 11 is 0. The van der Waals surface area contributed by atoms with Crippen molar-refractivity contribution in [3.63, 3.8) is 0 Å². The number of benzene rings is 2. The number of ether oxygens (including phenoxy) is 1. The molecule has 4 rings (SSSR count). The molecule has 1 N–H and O–H groups in total. The van der Waals surface area contributed by atoms with E-state index < -0.39 is 27.4 Å². The molecule has 0 atom stereocenters. The number of halogens is 2. The highest BCUT2D eigenvalue weighted by Crippen LogP contribution is 2.24. The van der Waals surface area contributed by atoms with Crippen molar-refractivity contribution in [2.24, 2.45) is 0 Å². The van der Waals surface area contributed by atoms with Crippen LogP contribution in [0.1, 0.15) is 17.2 Å². The lowest BCUT2D eigenvalue weighted by Crippen LogP contribution is -2.16. The maximum absolute atomic E-state index is 13.8. The molecule has 2 aromatic heterocycles. The first-order valence-electron chi connectivity index (χ1n) is 9.77. The van der Waals surface area contributed by atoms with Crippen LogP contribution in [0.25, 0.3) is 5.82 Å². The second-order valence-electron chi connectivity index (χ2n) is 7.18. The molecular weight excluding hydrogens is 452 g/mol. The molecule has 0 saturated heterocycles. The van der Waals surface area contributed by atoms with Crippen molar-refractivity contribution in [3.05, 3.63) is 89.8 Å². The summed E-state index contributed by atoms with van der Waals surface area (Å²) in [6.07, 6.45) is 3.44. The minimum absolute atomic E-state index is 0.243. The Morgan fingerprint density at radius 1 is 1.03 bits per heavy atom. The summed E-state index contributed by atoms with van der Waals surface area (Å²) in [4.78, 5) is 12.8. The first-order chi connectivity index (χ1) is 15.7. The Hall–Kier alpha value is -3.86. The van der Waals surface area contributed by atoms with Crippen LogP contribution in [0.15, 0.2) is 60.9 Å². The maximum Gasteiger partial charge on any atom is 0.237 e. The standard InChI is InChI=1S/C22H19F2N5O3S/c1-14-26-21(29-10-9-25-15(29)2)12-22(27-14)32-19-6-4-18(5-7-19)28-33(30,31)13-16-11-17(23)3-8-20(16)24/h3-12,28H,13H2,1-2H3. The SMILES string of the molecule is Cc1nc(Oc2ccc(NS(=O)(=O)Cc3cc(F)ccc3F)cc2)cc(-n2ccnc2C)n1. The summed E-state index contributed by atoms with van der Waals surface area (Å²) in [6.45, 7) is 3.59. The molecule has 33 heavy (non-hydrogen) atoms. The predicted octanol–water partition coefficient (Wildman–Crippen LogP) is 4.29. The number of nitrogens with zero attached hydrogens (tertiary/aromatic N) is 4. The molecule has 0 amide bonds. The van der Waals surface area contributed by atoms with Crippen LogP contribution >= 0.6 is 0 Å². The van der Waals surface area contributed by atoms with E-state index in [4.69, 9.17) is 4.74 Å². The van der Waals surface area contributed by atoms with Gasteiger partial charge in [-0.2, -0.15) is 4.98 Å². The van der Waals surface area contributed by atoms with Gasteiger partial charge in [0.1, 0.15) is 34.9 Å². The van der Waals surface area contributed by atoms with Crippen LogP contribution in [0.2, 0.25) is 0 Å². The van der Waals surface area contributed by atoms with Gasteiger partial charge >= 0.3 is 0 Å². The van der Waals surface area contributed by atoms with Crippen LogP contribution in [0, 0.1) is 25.5 Å². The van der Waals surface area contributed by atoms with E-state index in [0.717, 1.165) is 24.0 Å². The molecule has 0 fully saturated rings. The quantitative estimate of drug-likeness (QED) is 0.432. The lowest BCUT2D eigenvalue weighted by atomic mass is 10.2. The Kier molecular flexibility index (Phi) is 6.05. The molecule has 0 radical (unpaired) electrons. The zero-order valence-electron chi connectivity index (χ0n) is 17.7. The number of aryl methyl sites for hydroxylation is 2. The van der Waals surface area contributed by atoms with Crippen LogP contribution in [-0.2, 0) is 15.8 Å². The minimum Gasteiger partial charge on any atom is -0.439 e. The van der Waals surface area contributed by atoms with Gasteiger partial charge in [0, 0.05) is 29.7 Å². The largest absolute Gasteiger partial charge is 0.439 e. The van der Waals surface area contributed by atoms with Crippen molar-refractivity contribution in [1.29, 1.82) is 0 Å². The lowest BCUT2D eigenvalue weighted by molar-refractivity contribution is 0.459. The Morgan fingerprint density at radius 3 is 2.48 bits per heavy atom. The van der Waals surface area contributed by atoms with Crippen LogP contribution in [0.3, 0.4) is 0 Å². The third-order valence-corrected chi connectivity index (χ3v) is 5.81. The van der Waals surface area contributed by atoms with Gasteiger partial charge in [0.25, 0.3) is 0 Å². The van der Waals surface area contributed by atoms with Crippen LogP contribution in [-0.4, -0.2) is 27.9 Å². The molecule has 0 aliphatic rings. The van der Waals surface area contributed by atoms with Crippen LogP contribution in [0.4, 0.5) is 14.5 Å². The monoisotopic (exact) mass is 471 g/mol. The normalized spacial score (nSPS) is 11.4. The molecule has 0 unspecified atom stereocenters. The molecular formula is C22H19F2N5O3S. The van der Waals surface area contributed by atoms with E-state index in [9.17, 15) is 17.2 Å². The average Bonchev–Trinajstić information content (AvgIpc) is 3.17. The van der Waals surface area contributed by atoms with Crippen molar-refractivity contribution in [3.8, 4) is 17.4 Å². The van der Waals surface area contributed by atoms with E-state index >= 15 is 0 Å². The summed E-state index contributed by atoms with van der Waals surface area (Å²) < 4.78 is 61.8. The predicted molar refractivity (Wildman–Crippen MR) is 118 cm³/mol. The highest BCUT2D eigenvalue weighted by atomic mass is 32.2. The van der Waals surface area contributed by atoms with Crippen molar-refractivity contribution in [2.45, 2.75) is 19.6 Å². The smallest absolute Gasteiger partial charge is 0.237 e. The molecule has 0 spiro atoms. The van der Waals surface area contributed by atoms with Crippen molar-refractivity contribution in [2.75, 3.05) is 4.72 Å². The van der Waals surface area contributed by atoms with Crippen LogP contribution < -0.4 is 9.46 Å². The van der Waals surface area contributed by atoms with Gasteiger partial charge in [0.2, 0.25) is 15.9 Å². The molecule has 2 aromatic carbocycles. The van der Waals surface area contributed by atoms with Crippen molar-refractivity contribution in [1.82, 2.24) is 19.5 Å². The van der Waals surface area contributed by atoms with Crippen LogP contribution in [0.5, 0.6) is 11.6 Å². The zero-order valence-corrected chi connectivity index (χ0v) is 18.5. The molecule has 8 nitrogen and oxygen atoms in total. The van der Waals surface area contributed by atoms with E-state index in [-0.39, 0.29) is 11.3 Å². The van der Waals surface area contributed by atoms with E-state index in [1.165, 1.54) is 12.1 Å². The molecule has 0 aliphatic heterocycles. The van der Waals surface area contributed by atoms with Gasteiger partial charge < -0.3 is 4.74 Å². The summed E-state index contributed by atoms with van der Waals surface area (Å²) in [6, 6.07) is 10.4. The van der Waals surface area contributed by atoms with Gasteiger partial charge in [-0.3, -0.25) is 9.29 Å². The van der Waals surface area contributed by atoms with Crippen molar-refractivity contribution >= 4 is 15.7 Å². The van der Waals surface area contributed by atoms with E-state index in [1.54, 1.807) is 42.1 Å². The molecule has 0 bridgehead atoms. The second kappa shape index (κ2) is 8.94. The second-order valence-corrected chi connectivity index (χ2v) is 8.90. The minimum atomic E-state index is -3.97. The molecule has 0 aliphatic carbocycles. The lowest BCUT2D eigenvalue weighted by Gasteiger charge is -2.11. The number of nitrogens with one attached hydrogen (secondary N) is 1. The molecule has 11 heteroatoms. The van der Waals surface area contributed by atoms with Gasteiger partial charge in [-0.15, -0.1) is 0 Å². The fourth-order valence-corrected chi connectivity index (χ4v) is 4.31. The zero-order chi connectivity index (χ0) is 23.6. The Labute approximate surface area is 189 Å². The van der Waals surface area contributed by atoms with E-state index in [0.29, 0.717) is 23.3 Å². The third kappa shape index (κ3) is 5.50. The first-order valence-corrected chi connectivity index (χ1v) is 11.4. The summed E-state index contributed by atoms with van der Waals surface area (Å²) in [5.41, 5.74) is -0.0155. The van der Waals surface area contributed by atoms with Gasteiger partial charge in [-0.1, -0.05) is 0 Å². The Balaban J connectivity index is 1.47. The fourth-order valence-electron chi connectivity index (χ4n) is 3.11. The average molecular weight is 471 g/mol. The number of sulfonamides is 1. The maximum atomic E-state index is 13.8. The number of anilines is 1. The molecule has 4 aromatic rings. The fraction of sp³-hybridized carbons (Fsp3) is 0.136. The van der Waals surface area contributed by atoms with Gasteiger partial charge in [0.15, 0.2) is 0 Å². The topological polar surface area (TPSA) is 99.0 Å². The van der Waals surface area contributed by atoms with Crippen molar-refractivity contribution < 1.29 is 21.9 Å². The van der Waals surface area contributed by atoms with Gasteiger partial charge in [-0.25, -0.2) is 27.2 Å². The molecule has 0 saturated carbocycles. The number of rotatable bonds is 7. The summed E-state index contributed by atoms with van der Waals surface area (Å²) in [5.74, 6) is 0.372. The Bertz CT molecular complexity index is 1410. The number of aromatic nitrogens is 4. The number of hydrogen-bond acceptors (Lipinski definition) is 6. The van der Waals surface area contributed by atoms with E-state index in [2.05, 4.69) is 19.7 Å². The van der Waals surface area contributed by atoms with Gasteiger partial charge in [0.05, 0.1) is 5.75 Å². The molecule has 170 valence electrons. The van der Waals surface area contributed by atoms with E-state index in [1.807, 2.05) is 6.92 Å². The summed E-state index contributed by atoms with van der Waals surface area (Å²) in [5, 5.41) is 0. The highest BCUT2D eigenvalue weighted by molar-refractivity contribution is 7.91. The number of imidazole rings is 1. The summed E-state index contributed by atoms with van der Waals surface area (Å²) in [7, 11) is -3.97. The number of hydrogen-bond donors (Lipinski definition) is 1. The van der Waals surface area contributed by atoms with Gasteiger partial charge in [-0.05, 0) is 56.3 Å². The molecule has 2 heterocycles. The highest BCUT2D eigenvalue weighted by Gasteiger charge is 2.16. The third-order valence-electron chi connectivity index (χ3n) is 4.58. The Morgan fingerprint density at radius 2 is 1.79 bits per heavy atom. The first kappa shape index (κ1) is 22.3.